The minimum absolute atomic E-state index is 0.0737. The SMILES string of the molecule is CC(C)CN(CCC(=N)N)c1nccn(CC(C)C)c1=O. The van der Waals surface area contributed by atoms with E-state index in [0.29, 0.717) is 37.2 Å². The molecule has 0 fully saturated rings. The third-order valence-electron chi connectivity index (χ3n) is 2.99. The Balaban J connectivity index is 3.05. The van der Waals surface area contributed by atoms with Gasteiger partial charge >= 0.3 is 0 Å². The van der Waals surface area contributed by atoms with E-state index in [4.69, 9.17) is 11.1 Å². The Morgan fingerprint density at radius 2 is 2.05 bits per heavy atom. The lowest BCUT2D eigenvalue weighted by Gasteiger charge is -2.25. The maximum atomic E-state index is 12.5. The van der Waals surface area contributed by atoms with E-state index in [0.717, 1.165) is 6.54 Å². The minimum Gasteiger partial charge on any atom is -0.388 e. The smallest absolute Gasteiger partial charge is 0.293 e. The molecular weight excluding hydrogens is 266 g/mol. The van der Waals surface area contributed by atoms with Crippen LogP contribution in [0.15, 0.2) is 17.2 Å². The van der Waals surface area contributed by atoms with Crippen molar-refractivity contribution in [2.75, 3.05) is 18.0 Å². The molecule has 0 saturated carbocycles. The molecule has 0 unspecified atom stereocenters. The van der Waals surface area contributed by atoms with Crippen LogP contribution in [0, 0.1) is 17.2 Å². The fourth-order valence-corrected chi connectivity index (χ4v) is 2.17. The molecule has 1 rings (SSSR count). The maximum absolute atomic E-state index is 12.5. The molecule has 0 amide bonds. The first kappa shape index (κ1) is 17.2. The zero-order chi connectivity index (χ0) is 16.0. The minimum atomic E-state index is -0.0737. The number of aromatic nitrogens is 2. The quantitative estimate of drug-likeness (QED) is 0.564. The summed E-state index contributed by atoms with van der Waals surface area (Å²) < 4.78 is 1.70. The van der Waals surface area contributed by atoms with E-state index in [2.05, 4.69) is 32.7 Å². The highest BCUT2D eigenvalue weighted by Crippen LogP contribution is 2.09. The van der Waals surface area contributed by atoms with Crippen molar-refractivity contribution in [3.05, 3.63) is 22.7 Å². The zero-order valence-corrected chi connectivity index (χ0v) is 13.5. The Morgan fingerprint density at radius 1 is 1.38 bits per heavy atom. The van der Waals surface area contributed by atoms with Gasteiger partial charge in [-0.3, -0.25) is 10.2 Å². The third kappa shape index (κ3) is 5.57. The molecule has 118 valence electrons. The number of hydrogen-bond acceptors (Lipinski definition) is 4. The van der Waals surface area contributed by atoms with Crippen LogP contribution in [0.3, 0.4) is 0 Å². The number of anilines is 1. The van der Waals surface area contributed by atoms with E-state index >= 15 is 0 Å². The lowest BCUT2D eigenvalue weighted by molar-refractivity contribution is 0.506. The molecule has 0 saturated heterocycles. The molecule has 0 aliphatic carbocycles. The summed E-state index contributed by atoms with van der Waals surface area (Å²) in [7, 11) is 0. The van der Waals surface area contributed by atoms with Crippen molar-refractivity contribution in [2.45, 2.75) is 40.7 Å². The average Bonchev–Trinajstić information content (AvgIpc) is 2.36. The van der Waals surface area contributed by atoms with Crippen LogP contribution in [0.2, 0.25) is 0 Å². The van der Waals surface area contributed by atoms with E-state index in [1.54, 1.807) is 17.0 Å². The molecule has 0 aromatic carbocycles. The summed E-state index contributed by atoms with van der Waals surface area (Å²) in [6.45, 7) is 10.3. The van der Waals surface area contributed by atoms with E-state index < -0.39 is 0 Å². The molecule has 1 aromatic heterocycles. The van der Waals surface area contributed by atoms with Crippen molar-refractivity contribution in [2.24, 2.45) is 17.6 Å². The van der Waals surface area contributed by atoms with Crippen molar-refractivity contribution in [1.29, 1.82) is 5.41 Å². The van der Waals surface area contributed by atoms with Gasteiger partial charge in [0.05, 0.1) is 5.84 Å². The van der Waals surface area contributed by atoms with Gasteiger partial charge < -0.3 is 15.2 Å². The molecule has 6 nitrogen and oxygen atoms in total. The van der Waals surface area contributed by atoms with Crippen molar-refractivity contribution < 1.29 is 0 Å². The standard InChI is InChI=1S/C15H27N5O/c1-11(2)9-19(7-5-13(16)17)14-15(21)20(8-6-18-14)10-12(3)4/h6,8,11-12H,5,7,9-10H2,1-4H3,(H3,16,17). The predicted octanol–water partition coefficient (Wildman–Crippen LogP) is 1.69. The summed E-state index contributed by atoms with van der Waals surface area (Å²) in [5.41, 5.74) is 5.36. The van der Waals surface area contributed by atoms with Crippen LogP contribution in [0.4, 0.5) is 5.82 Å². The zero-order valence-electron chi connectivity index (χ0n) is 13.5. The highest BCUT2D eigenvalue weighted by molar-refractivity contribution is 5.77. The number of hydrogen-bond donors (Lipinski definition) is 2. The van der Waals surface area contributed by atoms with Gasteiger partial charge in [-0.1, -0.05) is 27.7 Å². The van der Waals surface area contributed by atoms with Crippen molar-refractivity contribution in [1.82, 2.24) is 9.55 Å². The number of nitrogens with one attached hydrogen (secondary N) is 1. The molecule has 3 N–H and O–H groups in total. The largest absolute Gasteiger partial charge is 0.388 e. The molecule has 21 heavy (non-hydrogen) atoms. The first-order valence-electron chi connectivity index (χ1n) is 7.44. The van der Waals surface area contributed by atoms with Crippen molar-refractivity contribution >= 4 is 11.7 Å². The first-order chi connectivity index (χ1) is 9.81. The molecule has 1 heterocycles. The van der Waals surface area contributed by atoms with Crippen LogP contribution in [0.5, 0.6) is 0 Å². The van der Waals surface area contributed by atoms with Gasteiger partial charge in [-0.2, -0.15) is 0 Å². The van der Waals surface area contributed by atoms with Gasteiger partial charge in [0.2, 0.25) is 0 Å². The van der Waals surface area contributed by atoms with Crippen LogP contribution in [0.25, 0.3) is 0 Å². The Bertz CT molecular complexity index is 521. The third-order valence-corrected chi connectivity index (χ3v) is 2.99. The molecular formula is C15H27N5O. The van der Waals surface area contributed by atoms with Gasteiger partial charge in [-0.05, 0) is 11.8 Å². The monoisotopic (exact) mass is 293 g/mol. The summed E-state index contributed by atoms with van der Waals surface area (Å²) in [5.74, 6) is 1.38. The van der Waals surface area contributed by atoms with Crippen LogP contribution < -0.4 is 16.2 Å². The number of amidine groups is 1. The summed E-state index contributed by atoms with van der Waals surface area (Å²) in [6.07, 6.45) is 3.83. The van der Waals surface area contributed by atoms with Crippen molar-refractivity contribution in [3.63, 3.8) is 0 Å². The maximum Gasteiger partial charge on any atom is 0.293 e. The van der Waals surface area contributed by atoms with Gasteiger partial charge in [0.15, 0.2) is 5.82 Å². The Labute approximate surface area is 126 Å². The number of nitrogens with two attached hydrogens (primary N) is 1. The van der Waals surface area contributed by atoms with Crippen LogP contribution in [0.1, 0.15) is 34.1 Å². The number of rotatable bonds is 8. The second-order valence-electron chi connectivity index (χ2n) is 6.22. The van der Waals surface area contributed by atoms with E-state index in [-0.39, 0.29) is 11.4 Å². The summed E-state index contributed by atoms with van der Waals surface area (Å²) in [5, 5.41) is 7.37. The van der Waals surface area contributed by atoms with Crippen LogP contribution in [-0.4, -0.2) is 28.5 Å². The van der Waals surface area contributed by atoms with Gasteiger partial charge in [-0.15, -0.1) is 0 Å². The highest BCUT2D eigenvalue weighted by atomic mass is 16.1. The van der Waals surface area contributed by atoms with Gasteiger partial charge in [0.25, 0.3) is 5.56 Å². The molecule has 0 aliphatic heterocycles. The fourth-order valence-electron chi connectivity index (χ4n) is 2.17. The Hall–Kier alpha value is -1.85. The van der Waals surface area contributed by atoms with E-state index in [9.17, 15) is 4.79 Å². The second kappa shape index (κ2) is 7.81. The molecule has 0 bridgehead atoms. The van der Waals surface area contributed by atoms with Gasteiger partial charge in [0, 0.05) is 38.4 Å². The lowest BCUT2D eigenvalue weighted by Crippen LogP contribution is -2.38. The van der Waals surface area contributed by atoms with Crippen molar-refractivity contribution in [3.8, 4) is 0 Å². The summed E-state index contributed by atoms with van der Waals surface area (Å²) >= 11 is 0. The predicted molar refractivity (Wildman–Crippen MR) is 86.9 cm³/mol. The first-order valence-corrected chi connectivity index (χ1v) is 7.44. The van der Waals surface area contributed by atoms with Gasteiger partial charge in [0.1, 0.15) is 0 Å². The van der Waals surface area contributed by atoms with E-state index in [1.165, 1.54) is 0 Å². The average molecular weight is 293 g/mol. The highest BCUT2D eigenvalue weighted by Gasteiger charge is 2.15. The lowest BCUT2D eigenvalue weighted by atomic mass is 10.2. The normalized spacial score (nSPS) is 11.1. The van der Waals surface area contributed by atoms with Crippen LogP contribution >= 0.6 is 0 Å². The van der Waals surface area contributed by atoms with E-state index in [1.807, 2.05) is 4.90 Å². The molecule has 0 radical (unpaired) electrons. The van der Waals surface area contributed by atoms with Gasteiger partial charge in [-0.25, -0.2) is 4.98 Å². The molecule has 0 atom stereocenters. The second-order valence-corrected chi connectivity index (χ2v) is 6.22. The fraction of sp³-hybridized carbons (Fsp3) is 0.667. The topological polar surface area (TPSA) is 88.0 Å². The molecule has 6 heteroatoms. The number of nitrogens with zero attached hydrogens (tertiary/aromatic N) is 3. The van der Waals surface area contributed by atoms with Crippen LogP contribution in [-0.2, 0) is 6.54 Å². The Morgan fingerprint density at radius 3 is 2.57 bits per heavy atom. The summed E-state index contributed by atoms with van der Waals surface area (Å²) in [6, 6.07) is 0. The molecule has 0 aliphatic rings. The molecule has 0 spiro atoms. The Kier molecular flexibility index (Phi) is 6.39. The molecule has 1 aromatic rings. The summed E-state index contributed by atoms with van der Waals surface area (Å²) in [4.78, 5) is 18.7.